The second kappa shape index (κ2) is 16.7. The normalized spacial score (nSPS) is 20.2. The van der Waals surface area contributed by atoms with Crippen molar-refractivity contribution in [2.75, 3.05) is 13.2 Å². The van der Waals surface area contributed by atoms with E-state index in [0.29, 0.717) is 22.3 Å². The first kappa shape index (κ1) is 37.5. The highest BCUT2D eigenvalue weighted by Gasteiger charge is 2.50. The van der Waals surface area contributed by atoms with Crippen LogP contribution in [-0.2, 0) is 25.4 Å². The Kier molecular flexibility index (Phi) is 11.2. The Morgan fingerprint density at radius 1 is 0.661 bits per heavy atom. The van der Waals surface area contributed by atoms with Crippen molar-refractivity contribution in [2.45, 2.75) is 37.9 Å². The van der Waals surface area contributed by atoms with Gasteiger partial charge in [-0.3, -0.25) is 14.5 Å². The molecule has 12 heteroatoms. The Labute approximate surface area is 322 Å². The van der Waals surface area contributed by atoms with Gasteiger partial charge in [-0.05, 0) is 72.6 Å². The molecule has 0 aromatic heterocycles. The minimum atomic E-state index is -1.41. The van der Waals surface area contributed by atoms with Gasteiger partial charge >= 0.3 is 17.9 Å². The Morgan fingerprint density at radius 3 is 1.71 bits per heavy atom. The lowest BCUT2D eigenvalue weighted by atomic mass is 9.90. The van der Waals surface area contributed by atoms with Crippen molar-refractivity contribution in [3.8, 4) is 11.5 Å². The average Bonchev–Trinajstić information content (AvgIpc) is 3.48. The molecular formula is C44H37NO11. The van der Waals surface area contributed by atoms with Crippen molar-refractivity contribution in [1.82, 2.24) is 4.90 Å². The van der Waals surface area contributed by atoms with Gasteiger partial charge in [0.2, 0.25) is 6.29 Å². The van der Waals surface area contributed by atoms with Crippen LogP contribution in [-0.4, -0.2) is 77.5 Å². The van der Waals surface area contributed by atoms with Gasteiger partial charge in [-0.25, -0.2) is 14.4 Å². The number of benzene rings is 5. The number of carbonyl (C=O) groups is 5. The number of carbonyl (C=O) groups excluding carboxylic acids is 5. The zero-order chi connectivity index (χ0) is 39.2. The summed E-state index contributed by atoms with van der Waals surface area (Å²) in [6, 6.07) is 36.1. The average molecular weight is 756 g/mol. The summed E-state index contributed by atoms with van der Waals surface area (Å²) in [5.74, 6) is -3.96. The monoisotopic (exact) mass is 755 g/mol. The molecule has 12 nitrogen and oxygen atoms in total. The van der Waals surface area contributed by atoms with Crippen LogP contribution in [0.4, 0.5) is 0 Å². The topological polar surface area (TPSA) is 155 Å². The van der Waals surface area contributed by atoms with Crippen LogP contribution in [0.2, 0.25) is 0 Å². The van der Waals surface area contributed by atoms with E-state index in [4.69, 9.17) is 23.7 Å². The van der Waals surface area contributed by atoms with Gasteiger partial charge in [0, 0.05) is 12.5 Å². The third-order valence-corrected chi connectivity index (χ3v) is 9.64. The smallest absolute Gasteiger partial charge is 0.338 e. The van der Waals surface area contributed by atoms with E-state index in [1.165, 1.54) is 17.0 Å². The predicted octanol–water partition coefficient (Wildman–Crippen LogP) is 6.28. The van der Waals surface area contributed by atoms with Gasteiger partial charge in [-0.2, -0.15) is 0 Å². The number of fused-ring (bicyclic) bond motifs is 1. The molecule has 5 aromatic carbocycles. The van der Waals surface area contributed by atoms with Crippen molar-refractivity contribution in [3.05, 3.63) is 167 Å². The molecule has 0 aliphatic carbocycles. The van der Waals surface area contributed by atoms with Crippen LogP contribution in [0.15, 0.2) is 133 Å². The fourth-order valence-corrected chi connectivity index (χ4v) is 6.64. The minimum absolute atomic E-state index is 0.0532. The maximum Gasteiger partial charge on any atom is 0.338 e. The van der Waals surface area contributed by atoms with Crippen LogP contribution in [0.5, 0.6) is 11.5 Å². The summed E-state index contributed by atoms with van der Waals surface area (Å²) < 4.78 is 30.4. The van der Waals surface area contributed by atoms with E-state index in [1.807, 2.05) is 0 Å². The molecule has 0 radical (unpaired) electrons. The third-order valence-electron chi connectivity index (χ3n) is 9.64. The Hall–Kier alpha value is -6.79. The summed E-state index contributed by atoms with van der Waals surface area (Å²) >= 11 is 0. The van der Waals surface area contributed by atoms with E-state index in [0.717, 1.165) is 0 Å². The number of nitrogens with zero attached hydrogens (tertiary/aromatic N) is 1. The number of imide groups is 1. The van der Waals surface area contributed by atoms with E-state index in [1.54, 1.807) is 128 Å². The third kappa shape index (κ3) is 8.15. The van der Waals surface area contributed by atoms with Crippen molar-refractivity contribution >= 4 is 29.7 Å². The molecule has 5 unspecified atom stereocenters. The first-order valence-electron chi connectivity index (χ1n) is 18.0. The van der Waals surface area contributed by atoms with Gasteiger partial charge in [0.25, 0.3) is 11.8 Å². The first-order valence-corrected chi connectivity index (χ1v) is 18.0. The van der Waals surface area contributed by atoms with E-state index in [9.17, 15) is 29.1 Å². The van der Waals surface area contributed by atoms with Gasteiger partial charge in [-0.15, -0.1) is 0 Å². The molecule has 1 N–H and O–H groups in total. The van der Waals surface area contributed by atoms with Crippen LogP contribution in [0, 0.1) is 5.92 Å². The number of amides is 2. The molecule has 0 bridgehead atoms. The molecule has 0 spiro atoms. The Morgan fingerprint density at radius 2 is 1.16 bits per heavy atom. The number of rotatable bonds is 12. The van der Waals surface area contributed by atoms with Gasteiger partial charge in [0.05, 0.1) is 27.8 Å². The van der Waals surface area contributed by atoms with E-state index in [-0.39, 0.29) is 42.2 Å². The van der Waals surface area contributed by atoms with Crippen LogP contribution in [0.3, 0.4) is 0 Å². The highest BCUT2D eigenvalue weighted by atomic mass is 16.7. The molecular weight excluding hydrogens is 718 g/mol. The van der Waals surface area contributed by atoms with E-state index < -0.39 is 60.2 Å². The number of aromatic hydroxyl groups is 1. The fourth-order valence-electron chi connectivity index (χ4n) is 6.64. The van der Waals surface area contributed by atoms with Crippen LogP contribution < -0.4 is 4.74 Å². The molecule has 0 saturated carbocycles. The van der Waals surface area contributed by atoms with Gasteiger partial charge in [-0.1, -0.05) is 79.7 Å². The molecule has 1 saturated heterocycles. The van der Waals surface area contributed by atoms with Crippen molar-refractivity contribution in [1.29, 1.82) is 0 Å². The lowest BCUT2D eigenvalue weighted by Gasteiger charge is -2.43. The number of esters is 3. The second-order valence-corrected chi connectivity index (χ2v) is 13.3. The van der Waals surface area contributed by atoms with Gasteiger partial charge in [0.15, 0.2) is 17.6 Å². The fraction of sp³-hybridized carbons (Fsp3) is 0.205. The number of hydrogen-bond donors (Lipinski definition) is 1. The van der Waals surface area contributed by atoms with Crippen molar-refractivity contribution in [3.63, 3.8) is 0 Å². The number of phenols is 1. The van der Waals surface area contributed by atoms with Gasteiger partial charge in [0.1, 0.15) is 18.8 Å². The SMILES string of the molecule is CC1C(OC(=O)c2ccccc2)C(COC(=O)c2ccccc2)OC(Oc2cc(CCN3C(=O)c4ccccc4C3=O)ccc2O)C1OC(=O)c1ccccc1. The number of hydrogen-bond acceptors (Lipinski definition) is 11. The zero-order valence-electron chi connectivity index (χ0n) is 30.2. The quantitative estimate of drug-likeness (QED) is 0.0870. The second-order valence-electron chi connectivity index (χ2n) is 13.3. The summed E-state index contributed by atoms with van der Waals surface area (Å²) in [4.78, 5) is 67.1. The van der Waals surface area contributed by atoms with Crippen molar-refractivity contribution in [2.24, 2.45) is 5.92 Å². The maximum atomic E-state index is 13.5. The molecule has 5 atom stereocenters. The number of ether oxygens (including phenoxy) is 5. The van der Waals surface area contributed by atoms with Crippen molar-refractivity contribution < 1.29 is 52.8 Å². The molecule has 2 aliphatic heterocycles. The van der Waals surface area contributed by atoms with Crippen LogP contribution in [0.1, 0.15) is 64.3 Å². The van der Waals surface area contributed by atoms with Crippen LogP contribution >= 0.6 is 0 Å². The Bertz CT molecular complexity index is 2190. The molecule has 2 amide bonds. The van der Waals surface area contributed by atoms with E-state index in [2.05, 4.69) is 0 Å². The van der Waals surface area contributed by atoms with Gasteiger partial charge < -0.3 is 28.8 Å². The zero-order valence-corrected chi connectivity index (χ0v) is 30.2. The predicted molar refractivity (Wildman–Crippen MR) is 200 cm³/mol. The summed E-state index contributed by atoms with van der Waals surface area (Å²) in [5.41, 5.74) is 2.08. The van der Waals surface area contributed by atoms with Crippen LogP contribution in [0.25, 0.3) is 0 Å². The molecule has 2 aliphatic rings. The summed E-state index contributed by atoms with van der Waals surface area (Å²) in [6.45, 7) is 1.37. The summed E-state index contributed by atoms with van der Waals surface area (Å²) in [6.07, 6.45) is -4.65. The lowest BCUT2D eigenvalue weighted by molar-refractivity contribution is -0.259. The lowest BCUT2D eigenvalue weighted by Crippen LogP contribution is -2.59. The van der Waals surface area contributed by atoms with E-state index >= 15 is 0 Å². The molecule has 56 heavy (non-hydrogen) atoms. The highest BCUT2D eigenvalue weighted by molar-refractivity contribution is 6.21. The standard InChI is InChI=1S/C44H37NO11/c1-27-37(55-42(50)30-15-7-3-8-16-30)36(26-52-41(49)29-13-5-2-6-14-29)54-44(38(27)56-43(51)31-17-9-4-10-18-31)53-35-25-28(21-22-34(35)46)23-24-45-39(47)32-19-11-12-20-33(32)40(45)48/h2-22,25,27,36-38,44,46H,23-24,26H2,1H3. The minimum Gasteiger partial charge on any atom is -0.504 e. The largest absolute Gasteiger partial charge is 0.504 e. The molecule has 1 fully saturated rings. The molecule has 7 rings (SSSR count). The molecule has 2 heterocycles. The molecule has 284 valence electrons. The molecule has 5 aromatic rings. The Balaban J connectivity index is 1.16. The summed E-state index contributed by atoms with van der Waals surface area (Å²) in [7, 11) is 0. The summed E-state index contributed by atoms with van der Waals surface area (Å²) in [5, 5.41) is 11.0. The maximum absolute atomic E-state index is 13.5. The highest BCUT2D eigenvalue weighted by Crippen LogP contribution is 2.36. The number of phenolic OH excluding ortho intramolecular Hbond substituents is 1. The first-order chi connectivity index (χ1) is 27.2.